The Kier molecular flexibility index (Phi) is 5.63. The van der Waals surface area contributed by atoms with E-state index in [0.717, 1.165) is 10.9 Å². The summed E-state index contributed by atoms with van der Waals surface area (Å²) >= 11 is 1.30. The summed E-state index contributed by atoms with van der Waals surface area (Å²) in [4.78, 5) is 16.0. The van der Waals surface area contributed by atoms with Crippen LogP contribution >= 0.6 is 20.2 Å². The lowest BCUT2D eigenvalue weighted by molar-refractivity contribution is -0.161. The van der Waals surface area contributed by atoms with Crippen molar-refractivity contribution >= 4 is 37.1 Å². The molecule has 0 aliphatic carbocycles. The van der Waals surface area contributed by atoms with Gasteiger partial charge in [-0.05, 0) is 25.0 Å². The minimum atomic E-state index is -2.12. The quantitative estimate of drug-likeness (QED) is 0.572. The zero-order valence-electron chi connectivity index (χ0n) is 13.8. The number of rotatable bonds is 7. The molecule has 0 bridgehead atoms. The van der Waals surface area contributed by atoms with Crippen LogP contribution in [-0.4, -0.2) is 37.7 Å². The molecule has 2 atom stereocenters. The summed E-state index contributed by atoms with van der Waals surface area (Å²) in [7, 11) is -0.399. The molecule has 1 aromatic carbocycles. The third-order valence-corrected chi connectivity index (χ3v) is 7.16. The van der Waals surface area contributed by atoms with Crippen LogP contribution in [0.3, 0.4) is 0 Å². The Balaban J connectivity index is 2.33. The van der Waals surface area contributed by atoms with Crippen molar-refractivity contribution in [2.24, 2.45) is 5.92 Å². The van der Waals surface area contributed by atoms with Gasteiger partial charge in [0, 0.05) is 11.1 Å². The van der Waals surface area contributed by atoms with Gasteiger partial charge >= 0.3 is 5.97 Å². The number of nitrogens with zero attached hydrogens (tertiary/aromatic N) is 1. The Hall–Kier alpha value is -1.49. The van der Waals surface area contributed by atoms with Crippen molar-refractivity contribution in [2.75, 3.05) is 5.75 Å². The number of pyridine rings is 1. The number of benzene rings is 1. The van der Waals surface area contributed by atoms with E-state index in [9.17, 15) is 19.6 Å². The minimum absolute atomic E-state index is 0.167. The average Bonchev–Trinajstić information content (AvgIpc) is 2.55. The van der Waals surface area contributed by atoms with Crippen molar-refractivity contribution in [2.45, 2.75) is 36.6 Å². The van der Waals surface area contributed by atoms with E-state index in [-0.39, 0.29) is 11.7 Å². The van der Waals surface area contributed by atoms with Gasteiger partial charge in [-0.15, -0.1) is 11.8 Å². The summed E-state index contributed by atoms with van der Waals surface area (Å²) in [5.74, 6) is -1.53. The Morgan fingerprint density at radius 3 is 2.54 bits per heavy atom. The van der Waals surface area contributed by atoms with Crippen LogP contribution in [-0.2, 0) is 9.36 Å². The summed E-state index contributed by atoms with van der Waals surface area (Å²) < 4.78 is 11.9. The largest absolute Gasteiger partial charge is 0.479 e. The lowest BCUT2D eigenvalue weighted by Gasteiger charge is -2.40. The number of carboxylic acid groups (broad SMARTS) is 1. The first-order valence-corrected chi connectivity index (χ1v) is 9.33. The predicted molar refractivity (Wildman–Crippen MR) is 95.9 cm³/mol. The van der Waals surface area contributed by atoms with Gasteiger partial charge in [0.2, 0.25) is 0 Å². The Bertz CT molecular complexity index is 765. The number of thioether (sulfide) groups is 1. The van der Waals surface area contributed by atoms with Crippen LogP contribution in [0.25, 0.3) is 10.9 Å². The van der Waals surface area contributed by atoms with Crippen LogP contribution < -0.4 is 0 Å². The molecule has 24 heavy (non-hydrogen) atoms. The van der Waals surface area contributed by atoms with Gasteiger partial charge in [-0.25, -0.2) is 9.78 Å². The fraction of sp³-hybridized carbons (Fsp3) is 0.412. The van der Waals surface area contributed by atoms with Gasteiger partial charge in [-0.1, -0.05) is 38.1 Å². The lowest BCUT2D eigenvalue weighted by Crippen LogP contribution is -2.58. The van der Waals surface area contributed by atoms with Gasteiger partial charge in [0.15, 0.2) is 14.1 Å². The molecule has 0 radical (unpaired) electrons. The topological polar surface area (TPSA) is 87.5 Å². The van der Waals surface area contributed by atoms with Crippen LogP contribution in [0.4, 0.5) is 0 Å². The maximum absolute atomic E-state index is 11.9. The monoisotopic (exact) mass is 365 g/mol. The van der Waals surface area contributed by atoms with Crippen LogP contribution in [0.1, 0.15) is 20.8 Å². The standard InChI is InChI=1S/C17H20NO4PS/c1-11(2)17(23-22,16(3,21)15(19)20)10-24-14-9-8-12-6-4-5-7-13(12)18-14/h4-9,11,21H,10H2,1-3H3,(H,19,20). The third kappa shape index (κ3) is 3.32. The first-order chi connectivity index (χ1) is 11.2. The summed E-state index contributed by atoms with van der Waals surface area (Å²) in [6.45, 7) is 4.72. The molecule has 0 saturated heterocycles. The van der Waals surface area contributed by atoms with E-state index in [2.05, 4.69) is 4.98 Å². The van der Waals surface area contributed by atoms with Crippen molar-refractivity contribution in [1.29, 1.82) is 0 Å². The van der Waals surface area contributed by atoms with Gasteiger partial charge < -0.3 is 10.2 Å². The van der Waals surface area contributed by atoms with Gasteiger partial charge in [-0.3, -0.25) is 4.57 Å². The van der Waals surface area contributed by atoms with Crippen molar-refractivity contribution in [3.05, 3.63) is 36.4 Å². The maximum Gasteiger partial charge on any atom is 0.336 e. The number of fused-ring (bicyclic) bond motifs is 1. The third-order valence-electron chi connectivity index (χ3n) is 4.39. The Morgan fingerprint density at radius 1 is 1.29 bits per heavy atom. The zero-order chi connectivity index (χ0) is 18.0. The molecular formula is C17H20NO4PS. The highest BCUT2D eigenvalue weighted by molar-refractivity contribution is 7.99. The van der Waals surface area contributed by atoms with E-state index >= 15 is 0 Å². The highest BCUT2D eigenvalue weighted by atomic mass is 32.2. The van der Waals surface area contributed by atoms with E-state index in [1.807, 2.05) is 36.4 Å². The summed E-state index contributed by atoms with van der Waals surface area (Å²) in [6.07, 6.45) is 0. The Labute approximate surface area is 146 Å². The molecule has 0 spiro atoms. The van der Waals surface area contributed by atoms with Gasteiger partial charge in [0.25, 0.3) is 0 Å². The number of para-hydroxylation sites is 1. The average molecular weight is 365 g/mol. The number of aromatic nitrogens is 1. The highest BCUT2D eigenvalue weighted by Gasteiger charge is 2.55. The first-order valence-electron chi connectivity index (χ1n) is 7.53. The van der Waals surface area contributed by atoms with Crippen molar-refractivity contribution in [1.82, 2.24) is 4.98 Å². The molecule has 0 aliphatic rings. The molecule has 0 saturated carbocycles. The molecule has 2 aromatic rings. The number of aliphatic carboxylic acids is 1. The minimum Gasteiger partial charge on any atom is -0.479 e. The van der Waals surface area contributed by atoms with E-state index in [1.54, 1.807) is 13.8 Å². The van der Waals surface area contributed by atoms with E-state index in [0.29, 0.717) is 5.03 Å². The molecule has 0 aliphatic heterocycles. The number of carbonyl (C=O) groups is 1. The number of carboxylic acids is 1. The van der Waals surface area contributed by atoms with Crippen molar-refractivity contribution in [3.63, 3.8) is 0 Å². The predicted octanol–water partition coefficient (Wildman–Crippen LogP) is 3.85. The fourth-order valence-electron chi connectivity index (χ4n) is 2.59. The molecule has 7 heteroatoms. The first kappa shape index (κ1) is 18.8. The van der Waals surface area contributed by atoms with Crippen LogP contribution in [0.2, 0.25) is 0 Å². The molecule has 0 fully saturated rings. The molecule has 1 aromatic heterocycles. The summed E-state index contributed by atoms with van der Waals surface area (Å²) in [5, 5.41) is 20.2. The second kappa shape index (κ2) is 7.18. The summed E-state index contributed by atoms with van der Waals surface area (Å²) in [6, 6.07) is 11.5. The second-order valence-corrected chi connectivity index (χ2v) is 8.15. The second-order valence-electron chi connectivity index (χ2n) is 6.18. The number of aliphatic hydroxyl groups is 1. The molecule has 128 valence electrons. The maximum atomic E-state index is 11.9. The number of hydrogen-bond acceptors (Lipinski definition) is 5. The van der Waals surface area contributed by atoms with Crippen molar-refractivity contribution in [3.8, 4) is 0 Å². The zero-order valence-corrected chi connectivity index (χ0v) is 15.5. The van der Waals surface area contributed by atoms with E-state index in [4.69, 9.17) is 0 Å². The van der Waals surface area contributed by atoms with E-state index < -0.39 is 25.2 Å². The molecular weight excluding hydrogens is 345 g/mol. The molecule has 0 amide bonds. The fourth-order valence-corrected chi connectivity index (χ4v) is 4.78. The molecule has 5 nitrogen and oxygen atoms in total. The van der Waals surface area contributed by atoms with Gasteiger partial charge in [0.05, 0.1) is 10.5 Å². The molecule has 2 unspecified atom stereocenters. The van der Waals surface area contributed by atoms with Gasteiger partial charge in [0.1, 0.15) is 5.16 Å². The summed E-state index contributed by atoms with van der Waals surface area (Å²) in [5.41, 5.74) is -1.28. The molecule has 1 heterocycles. The highest BCUT2D eigenvalue weighted by Crippen LogP contribution is 2.45. The van der Waals surface area contributed by atoms with Gasteiger partial charge in [-0.2, -0.15) is 0 Å². The molecule has 2 rings (SSSR count). The van der Waals surface area contributed by atoms with Crippen LogP contribution in [0.15, 0.2) is 41.4 Å². The normalized spacial score (nSPS) is 16.9. The lowest BCUT2D eigenvalue weighted by atomic mass is 9.81. The van der Waals surface area contributed by atoms with Crippen LogP contribution in [0, 0.1) is 5.92 Å². The van der Waals surface area contributed by atoms with Crippen molar-refractivity contribution < 1.29 is 19.6 Å². The Morgan fingerprint density at radius 2 is 1.96 bits per heavy atom. The molecule has 2 N–H and O–H groups in total. The SMILES string of the molecule is CC(C)C(CSc1ccc2ccccc2n1)(P=O)C(C)(O)C(=O)O. The van der Waals surface area contributed by atoms with E-state index in [1.165, 1.54) is 18.7 Å². The smallest absolute Gasteiger partial charge is 0.336 e. The number of hydrogen-bond donors (Lipinski definition) is 2. The van der Waals surface area contributed by atoms with Crippen LogP contribution in [0.5, 0.6) is 0 Å².